The highest BCUT2D eigenvalue weighted by atomic mass is 16.5. The van der Waals surface area contributed by atoms with Gasteiger partial charge in [0.15, 0.2) is 0 Å². The van der Waals surface area contributed by atoms with Gasteiger partial charge in [0.25, 0.3) is 0 Å². The van der Waals surface area contributed by atoms with E-state index >= 15 is 0 Å². The van der Waals surface area contributed by atoms with Crippen molar-refractivity contribution in [1.29, 1.82) is 0 Å². The van der Waals surface area contributed by atoms with Gasteiger partial charge in [-0.25, -0.2) is 0 Å². The molecule has 0 radical (unpaired) electrons. The smallest absolute Gasteiger partial charge is 0.142 e. The molecule has 4 nitrogen and oxygen atoms in total. The third-order valence-electron chi connectivity index (χ3n) is 4.10. The molecule has 2 aliphatic heterocycles. The Balaban J connectivity index is 1.64. The lowest BCUT2D eigenvalue weighted by molar-refractivity contribution is 0.137. The summed E-state index contributed by atoms with van der Waals surface area (Å²) in [7, 11) is 0. The minimum absolute atomic E-state index is 0.727. The van der Waals surface area contributed by atoms with Crippen LogP contribution in [-0.4, -0.2) is 56.8 Å². The number of nitrogens with zero attached hydrogens (tertiary/aromatic N) is 2. The second-order valence-electron chi connectivity index (χ2n) is 5.24. The van der Waals surface area contributed by atoms with Crippen molar-refractivity contribution in [3.05, 3.63) is 24.3 Å². The Morgan fingerprint density at radius 1 is 1.16 bits per heavy atom. The van der Waals surface area contributed by atoms with Crippen molar-refractivity contribution in [3.8, 4) is 5.75 Å². The fourth-order valence-corrected chi connectivity index (χ4v) is 2.86. The first-order chi connectivity index (χ1) is 9.38. The molecular weight excluding hydrogens is 238 g/mol. The summed E-state index contributed by atoms with van der Waals surface area (Å²) < 4.78 is 5.73. The number of para-hydroxylation sites is 2. The van der Waals surface area contributed by atoms with Gasteiger partial charge in [0.2, 0.25) is 0 Å². The molecule has 1 N–H and O–H groups in total. The molecule has 1 aromatic carbocycles. The number of rotatable bonds is 4. The maximum Gasteiger partial charge on any atom is 0.142 e. The van der Waals surface area contributed by atoms with E-state index in [1.165, 1.54) is 5.69 Å². The second-order valence-corrected chi connectivity index (χ2v) is 5.24. The Morgan fingerprint density at radius 2 is 1.89 bits per heavy atom. The van der Waals surface area contributed by atoms with Crippen molar-refractivity contribution in [2.75, 3.05) is 50.8 Å². The van der Waals surface area contributed by atoms with E-state index in [-0.39, 0.29) is 0 Å². The Bertz CT molecular complexity index is 412. The maximum atomic E-state index is 5.73. The molecule has 0 amide bonds. The van der Waals surface area contributed by atoms with Crippen molar-refractivity contribution in [2.45, 2.75) is 13.0 Å². The van der Waals surface area contributed by atoms with E-state index < -0.39 is 0 Å². The first kappa shape index (κ1) is 12.8. The van der Waals surface area contributed by atoms with Crippen LogP contribution in [-0.2, 0) is 0 Å². The van der Waals surface area contributed by atoms with Crippen molar-refractivity contribution in [3.63, 3.8) is 0 Å². The standard InChI is InChI=1S/C15H23N3O/c1-2-19-15-6-4-3-5-14(15)18-9-7-17(8-10-18)13-11-16-12-13/h3-6,13,16H,2,7-12H2,1H3. The zero-order valence-corrected chi connectivity index (χ0v) is 11.6. The molecule has 4 heteroatoms. The number of hydrogen-bond donors (Lipinski definition) is 1. The fourth-order valence-electron chi connectivity index (χ4n) is 2.86. The van der Waals surface area contributed by atoms with Gasteiger partial charge < -0.3 is 15.0 Å². The molecule has 0 spiro atoms. The van der Waals surface area contributed by atoms with Crippen LogP contribution in [0, 0.1) is 0 Å². The fraction of sp³-hybridized carbons (Fsp3) is 0.600. The lowest BCUT2D eigenvalue weighted by atomic mass is 10.1. The van der Waals surface area contributed by atoms with Crippen LogP contribution >= 0.6 is 0 Å². The van der Waals surface area contributed by atoms with E-state index in [0.717, 1.165) is 57.7 Å². The third-order valence-corrected chi connectivity index (χ3v) is 4.10. The molecule has 104 valence electrons. The van der Waals surface area contributed by atoms with Crippen molar-refractivity contribution in [2.24, 2.45) is 0 Å². The SMILES string of the molecule is CCOc1ccccc1N1CCN(C2CNC2)CC1. The summed E-state index contributed by atoms with van der Waals surface area (Å²) in [6.45, 7) is 9.61. The van der Waals surface area contributed by atoms with Crippen LogP contribution in [0.4, 0.5) is 5.69 Å². The van der Waals surface area contributed by atoms with E-state index in [2.05, 4.69) is 33.3 Å². The largest absolute Gasteiger partial charge is 0.492 e. The zero-order valence-electron chi connectivity index (χ0n) is 11.6. The van der Waals surface area contributed by atoms with E-state index in [1.807, 2.05) is 13.0 Å². The summed E-state index contributed by atoms with van der Waals surface area (Å²) in [5.74, 6) is 1.02. The minimum Gasteiger partial charge on any atom is -0.492 e. The van der Waals surface area contributed by atoms with Gasteiger partial charge in [0, 0.05) is 45.3 Å². The molecule has 2 heterocycles. The number of ether oxygens (including phenoxy) is 1. The normalized spacial score (nSPS) is 21.2. The highest BCUT2D eigenvalue weighted by molar-refractivity contribution is 5.58. The highest BCUT2D eigenvalue weighted by Gasteiger charge is 2.28. The van der Waals surface area contributed by atoms with E-state index in [0.29, 0.717) is 0 Å². The van der Waals surface area contributed by atoms with Crippen LogP contribution in [0.15, 0.2) is 24.3 Å². The predicted octanol–water partition coefficient (Wildman–Crippen LogP) is 1.18. The molecule has 0 unspecified atom stereocenters. The van der Waals surface area contributed by atoms with Gasteiger partial charge in [-0.05, 0) is 19.1 Å². The van der Waals surface area contributed by atoms with Crippen LogP contribution in [0.1, 0.15) is 6.92 Å². The molecule has 0 aliphatic carbocycles. The van der Waals surface area contributed by atoms with Crippen LogP contribution < -0.4 is 15.0 Å². The number of hydrogen-bond acceptors (Lipinski definition) is 4. The lowest BCUT2D eigenvalue weighted by Gasteiger charge is -2.44. The van der Waals surface area contributed by atoms with Gasteiger partial charge in [-0.3, -0.25) is 4.90 Å². The molecule has 3 rings (SSSR count). The summed E-state index contributed by atoms with van der Waals surface area (Å²) in [6.07, 6.45) is 0. The Labute approximate surface area is 115 Å². The monoisotopic (exact) mass is 261 g/mol. The van der Waals surface area contributed by atoms with Crippen LogP contribution in [0.3, 0.4) is 0 Å². The van der Waals surface area contributed by atoms with E-state index in [1.54, 1.807) is 0 Å². The molecule has 1 aromatic rings. The van der Waals surface area contributed by atoms with Gasteiger partial charge in [-0.1, -0.05) is 12.1 Å². The molecule has 0 bridgehead atoms. The number of benzene rings is 1. The molecule has 2 aliphatic rings. The zero-order chi connectivity index (χ0) is 13.1. The number of anilines is 1. The summed E-state index contributed by atoms with van der Waals surface area (Å²) in [6, 6.07) is 9.15. The molecule has 0 aromatic heterocycles. The average Bonchev–Trinajstić information content (AvgIpc) is 2.39. The van der Waals surface area contributed by atoms with Gasteiger partial charge >= 0.3 is 0 Å². The lowest BCUT2D eigenvalue weighted by Crippen LogP contribution is -2.61. The molecular formula is C15H23N3O. The predicted molar refractivity (Wildman–Crippen MR) is 78.1 cm³/mol. The quantitative estimate of drug-likeness (QED) is 0.881. The van der Waals surface area contributed by atoms with Crippen LogP contribution in [0.2, 0.25) is 0 Å². The molecule has 0 atom stereocenters. The highest BCUT2D eigenvalue weighted by Crippen LogP contribution is 2.29. The maximum absolute atomic E-state index is 5.73. The van der Waals surface area contributed by atoms with Gasteiger partial charge in [0.05, 0.1) is 12.3 Å². The summed E-state index contributed by atoms with van der Waals surface area (Å²) >= 11 is 0. The average molecular weight is 261 g/mol. The Hall–Kier alpha value is -1.26. The summed E-state index contributed by atoms with van der Waals surface area (Å²) in [5, 5.41) is 3.35. The van der Waals surface area contributed by atoms with Gasteiger partial charge in [-0.2, -0.15) is 0 Å². The Kier molecular flexibility index (Phi) is 3.89. The van der Waals surface area contributed by atoms with Crippen LogP contribution in [0.25, 0.3) is 0 Å². The van der Waals surface area contributed by atoms with E-state index in [9.17, 15) is 0 Å². The number of nitrogens with one attached hydrogen (secondary N) is 1. The molecule has 0 saturated carbocycles. The Morgan fingerprint density at radius 3 is 2.53 bits per heavy atom. The summed E-state index contributed by atoms with van der Waals surface area (Å²) in [5.41, 5.74) is 1.25. The van der Waals surface area contributed by atoms with Crippen molar-refractivity contribution < 1.29 is 4.74 Å². The molecule has 19 heavy (non-hydrogen) atoms. The number of piperazine rings is 1. The molecule has 2 saturated heterocycles. The van der Waals surface area contributed by atoms with Crippen LogP contribution in [0.5, 0.6) is 5.75 Å². The van der Waals surface area contributed by atoms with Crippen molar-refractivity contribution >= 4 is 5.69 Å². The topological polar surface area (TPSA) is 27.7 Å². The van der Waals surface area contributed by atoms with E-state index in [4.69, 9.17) is 4.74 Å². The minimum atomic E-state index is 0.727. The first-order valence-electron chi connectivity index (χ1n) is 7.30. The van der Waals surface area contributed by atoms with Crippen molar-refractivity contribution in [1.82, 2.24) is 10.2 Å². The van der Waals surface area contributed by atoms with Gasteiger partial charge in [0.1, 0.15) is 5.75 Å². The first-order valence-corrected chi connectivity index (χ1v) is 7.30. The third kappa shape index (κ3) is 2.69. The van der Waals surface area contributed by atoms with Gasteiger partial charge in [-0.15, -0.1) is 0 Å². The second kappa shape index (κ2) is 5.80. The molecule has 2 fully saturated rings. The summed E-state index contributed by atoms with van der Waals surface area (Å²) in [4.78, 5) is 5.06.